The predicted molar refractivity (Wildman–Crippen MR) is 145 cm³/mol. The smallest absolute Gasteiger partial charge is 0.340 e. The molecule has 16 heteroatoms. The Kier molecular flexibility index (Phi) is 11.5. The Bertz CT molecular complexity index is 1390. The van der Waals surface area contributed by atoms with Crippen molar-refractivity contribution in [3.8, 4) is 11.5 Å². The van der Waals surface area contributed by atoms with E-state index in [1.807, 2.05) is 0 Å². The maximum Gasteiger partial charge on any atom is 0.340 e. The molecule has 1 fully saturated rings. The van der Waals surface area contributed by atoms with Crippen LogP contribution in [0.1, 0.15) is 18.9 Å². The zero-order valence-electron chi connectivity index (χ0n) is 21.4. The number of carbonyl (C=O) groups is 1. The van der Waals surface area contributed by atoms with Gasteiger partial charge in [0.15, 0.2) is 0 Å². The summed E-state index contributed by atoms with van der Waals surface area (Å²) in [4.78, 5) is 16.0. The molecule has 2 aromatic rings. The van der Waals surface area contributed by atoms with Crippen molar-refractivity contribution in [2.45, 2.75) is 36.1 Å². The molecule has 0 aromatic heterocycles. The fraction of sp³-hybridized carbons (Fsp3) is 0.391. The normalized spacial score (nSPS) is 16.1. The molecule has 5 N–H and O–H groups in total. The number of ether oxygens (including phenoxy) is 1. The molecule has 1 aliphatic rings. The van der Waals surface area contributed by atoms with Gasteiger partial charge in [0, 0.05) is 32.1 Å². The number of Topliss-reactive ketones (excluding diaryl/α,β-unsaturated/α-hetero) is 1. The molecule has 216 valence electrons. The van der Waals surface area contributed by atoms with Crippen LogP contribution in [0.3, 0.4) is 0 Å². The molecule has 2 aromatic carbocycles. The molecule has 0 aliphatic carbocycles. The fourth-order valence-corrected chi connectivity index (χ4v) is 7.12. The number of carbonyl (C=O) groups excluding carboxylic acids is 1. The van der Waals surface area contributed by atoms with Gasteiger partial charge >= 0.3 is 10.1 Å². The Morgan fingerprint density at radius 2 is 1.79 bits per heavy atom. The summed E-state index contributed by atoms with van der Waals surface area (Å²) in [5.74, 6) is -0.411. The van der Waals surface area contributed by atoms with Crippen LogP contribution in [0.5, 0.6) is 11.5 Å². The Morgan fingerprint density at radius 1 is 1.13 bits per heavy atom. The van der Waals surface area contributed by atoms with Crippen LogP contribution in [-0.4, -0.2) is 71.8 Å². The number of ketones is 1. The molecule has 0 amide bonds. The Balaban J connectivity index is 0.00000533. The number of nitrogens with one attached hydrogen (secondary N) is 3. The third-order valence-corrected chi connectivity index (χ3v) is 8.84. The Morgan fingerprint density at radius 3 is 2.46 bits per heavy atom. The molecule has 0 radical (unpaired) electrons. The van der Waals surface area contributed by atoms with Gasteiger partial charge < -0.3 is 20.0 Å². The number of guanidine groups is 1. The van der Waals surface area contributed by atoms with Crippen molar-refractivity contribution in [2.24, 2.45) is 5.73 Å². The zero-order valence-corrected chi connectivity index (χ0v) is 23.8. The number of hydroxylamine groups is 1. The molecule has 1 unspecified atom stereocenters. The summed E-state index contributed by atoms with van der Waals surface area (Å²) in [6.45, 7) is 3.90. The first kappa shape index (κ1) is 32.3. The van der Waals surface area contributed by atoms with Crippen LogP contribution in [0.25, 0.3) is 0 Å². The maximum atomic E-state index is 13.5. The molecule has 0 saturated carbocycles. The van der Waals surface area contributed by atoms with Gasteiger partial charge in [0.2, 0.25) is 16.0 Å². The number of benzene rings is 2. The number of hydrogen-bond acceptors (Lipinski definition) is 10. The second-order valence-electron chi connectivity index (χ2n) is 8.48. The monoisotopic (exact) mass is 605 g/mol. The number of halogens is 1. The van der Waals surface area contributed by atoms with E-state index < -0.39 is 36.0 Å². The highest BCUT2D eigenvalue weighted by Gasteiger charge is 2.39. The summed E-state index contributed by atoms with van der Waals surface area (Å²) in [5, 5.41) is 9.99. The van der Waals surface area contributed by atoms with Crippen LogP contribution in [0.15, 0.2) is 52.3 Å². The van der Waals surface area contributed by atoms with Crippen molar-refractivity contribution in [1.82, 2.24) is 15.1 Å². The molecule has 1 aliphatic heterocycles. The average Bonchev–Trinajstić information content (AvgIpc) is 2.85. The highest BCUT2D eigenvalue weighted by molar-refractivity contribution is 7.91. The van der Waals surface area contributed by atoms with Crippen LogP contribution in [0, 0.1) is 12.3 Å². The number of piperazine rings is 1. The van der Waals surface area contributed by atoms with E-state index in [1.165, 1.54) is 37.3 Å². The minimum absolute atomic E-state index is 0. The molecule has 1 saturated heterocycles. The van der Waals surface area contributed by atoms with E-state index >= 15 is 0 Å². The van der Waals surface area contributed by atoms with E-state index in [-0.39, 0.29) is 56.2 Å². The predicted octanol–water partition coefficient (Wildman–Crippen LogP) is 0.920. The topological polar surface area (TPSA) is 190 Å². The van der Waals surface area contributed by atoms with Gasteiger partial charge in [-0.25, -0.2) is 13.9 Å². The quantitative estimate of drug-likeness (QED) is 0.0884. The molecule has 13 nitrogen and oxygen atoms in total. The van der Waals surface area contributed by atoms with Crippen molar-refractivity contribution < 1.29 is 35.4 Å². The minimum atomic E-state index is -4.60. The van der Waals surface area contributed by atoms with Crippen LogP contribution < -0.4 is 25.5 Å². The van der Waals surface area contributed by atoms with Gasteiger partial charge in [0.1, 0.15) is 27.1 Å². The van der Waals surface area contributed by atoms with Crippen LogP contribution in [0.4, 0.5) is 0 Å². The Hall–Kier alpha value is -2.95. The lowest BCUT2D eigenvalue weighted by atomic mass is 10.2. The molecular formula is C23H32ClN5O8S2. The van der Waals surface area contributed by atoms with E-state index in [2.05, 4.69) is 10.8 Å². The van der Waals surface area contributed by atoms with E-state index in [4.69, 9.17) is 24.9 Å². The van der Waals surface area contributed by atoms with Crippen molar-refractivity contribution in [1.29, 1.82) is 5.41 Å². The summed E-state index contributed by atoms with van der Waals surface area (Å²) in [5.41, 5.74) is 7.96. The summed E-state index contributed by atoms with van der Waals surface area (Å²) >= 11 is 0. The first-order chi connectivity index (χ1) is 17.9. The molecule has 39 heavy (non-hydrogen) atoms. The Labute approximate surface area is 234 Å². The van der Waals surface area contributed by atoms with E-state index in [0.29, 0.717) is 24.3 Å². The van der Waals surface area contributed by atoms with Gasteiger partial charge in [0.05, 0.1) is 19.3 Å². The first-order valence-corrected chi connectivity index (χ1v) is 14.5. The van der Waals surface area contributed by atoms with Gasteiger partial charge in [-0.1, -0.05) is 12.1 Å². The SMILES string of the molecule is CC(=O)C1CNCCN1S(=O)(=O)c1ccccc1S(=O)(=O)Oc1cc(C)cc(OCCCONC(=N)N)c1.Cl. The maximum absolute atomic E-state index is 13.5. The highest BCUT2D eigenvalue weighted by atomic mass is 35.5. The second-order valence-corrected chi connectivity index (χ2v) is 11.9. The number of rotatable bonds is 12. The van der Waals surface area contributed by atoms with Gasteiger partial charge in [-0.3, -0.25) is 15.0 Å². The molecule has 1 heterocycles. The van der Waals surface area contributed by atoms with Crippen molar-refractivity contribution >= 4 is 44.3 Å². The number of hydrogen-bond donors (Lipinski definition) is 4. The number of sulfonamides is 1. The van der Waals surface area contributed by atoms with E-state index in [9.17, 15) is 21.6 Å². The van der Waals surface area contributed by atoms with Crippen LogP contribution >= 0.6 is 12.4 Å². The third kappa shape index (κ3) is 8.52. The van der Waals surface area contributed by atoms with Gasteiger partial charge in [-0.05, 0) is 43.7 Å². The van der Waals surface area contributed by atoms with Gasteiger partial charge in [-0.2, -0.15) is 12.7 Å². The third-order valence-electron chi connectivity index (χ3n) is 5.44. The van der Waals surface area contributed by atoms with Crippen molar-refractivity contribution in [2.75, 3.05) is 32.8 Å². The lowest BCUT2D eigenvalue weighted by Crippen LogP contribution is -2.56. The largest absolute Gasteiger partial charge is 0.493 e. The molecule has 3 rings (SSSR count). The molecule has 0 bridgehead atoms. The van der Waals surface area contributed by atoms with Crippen LogP contribution in [-0.2, 0) is 29.8 Å². The minimum Gasteiger partial charge on any atom is -0.493 e. The second kappa shape index (κ2) is 13.9. The van der Waals surface area contributed by atoms with Gasteiger partial charge in [-0.15, -0.1) is 12.4 Å². The molecular weight excluding hydrogens is 574 g/mol. The highest BCUT2D eigenvalue weighted by Crippen LogP contribution is 2.30. The van der Waals surface area contributed by atoms with Crippen molar-refractivity contribution in [3.63, 3.8) is 0 Å². The number of nitrogens with two attached hydrogens (primary N) is 1. The van der Waals surface area contributed by atoms with E-state index in [1.54, 1.807) is 13.0 Å². The molecule has 0 spiro atoms. The lowest BCUT2D eigenvalue weighted by molar-refractivity contribution is -0.120. The summed E-state index contributed by atoms with van der Waals surface area (Å²) in [6.07, 6.45) is 0.446. The van der Waals surface area contributed by atoms with Crippen LogP contribution in [0.2, 0.25) is 0 Å². The van der Waals surface area contributed by atoms with Gasteiger partial charge in [0.25, 0.3) is 0 Å². The first-order valence-electron chi connectivity index (χ1n) is 11.6. The standard InChI is InChI=1S/C23H31N5O8S2.ClH/c1-16-12-18(34-10-5-11-35-27-23(24)25)14-19(13-16)36-38(32,33)22-7-4-3-6-21(22)37(30,31)28-9-8-26-15-20(28)17(2)29;/h3-4,6-7,12-14,20,26H,5,8-11,15H2,1-2H3,(H4,24,25,27);1H. The summed E-state index contributed by atoms with van der Waals surface area (Å²) in [7, 11) is -8.95. The summed E-state index contributed by atoms with van der Waals surface area (Å²) < 4.78 is 65.7. The fourth-order valence-electron chi connectivity index (χ4n) is 3.78. The van der Waals surface area contributed by atoms with E-state index in [0.717, 1.165) is 10.4 Å². The number of nitrogens with zero attached hydrogens (tertiary/aromatic N) is 1. The van der Waals surface area contributed by atoms with Crippen molar-refractivity contribution in [3.05, 3.63) is 48.0 Å². The average molecular weight is 606 g/mol. The summed E-state index contributed by atoms with van der Waals surface area (Å²) in [6, 6.07) is 8.70. The number of aryl methyl sites for hydroxylation is 1. The molecule has 1 atom stereocenters. The lowest BCUT2D eigenvalue weighted by Gasteiger charge is -2.33. The zero-order chi connectivity index (χ0) is 27.9.